The monoisotopic (exact) mass is 424 g/mol. The number of rotatable bonds is 4. The molecule has 0 aliphatic heterocycles. The van der Waals surface area contributed by atoms with E-state index in [2.05, 4.69) is 11.1 Å². The quantitative estimate of drug-likeness (QED) is 0.360. The Labute approximate surface area is 181 Å². The molecule has 2 aromatic heterocycles. The molecule has 0 radical (unpaired) electrons. The standard InChI is InChI=1S/C26H20N2O2S/c1-19-14-15-23(24(17-19)20-9-4-2-5-10-20)25-18-21-11-8-16-27-26(21)28(25)31(29,30)22-12-6-3-7-13-22/h2-18H,1H3. The van der Waals surface area contributed by atoms with Gasteiger partial charge in [-0.15, -0.1) is 0 Å². The first-order valence-electron chi connectivity index (χ1n) is 9.99. The largest absolute Gasteiger partial charge is 0.269 e. The zero-order valence-electron chi connectivity index (χ0n) is 16.9. The number of hydrogen-bond acceptors (Lipinski definition) is 3. The molecule has 31 heavy (non-hydrogen) atoms. The molecule has 0 bridgehead atoms. The number of nitrogens with zero attached hydrogens (tertiary/aromatic N) is 2. The predicted molar refractivity (Wildman–Crippen MR) is 124 cm³/mol. The number of hydrogen-bond donors (Lipinski definition) is 0. The Morgan fingerprint density at radius 1 is 0.742 bits per heavy atom. The van der Waals surface area contributed by atoms with Gasteiger partial charge in [-0.25, -0.2) is 17.4 Å². The second kappa shape index (κ2) is 7.52. The highest BCUT2D eigenvalue weighted by atomic mass is 32.2. The minimum atomic E-state index is -3.86. The first-order valence-corrected chi connectivity index (χ1v) is 11.4. The Balaban J connectivity index is 1.86. The van der Waals surface area contributed by atoms with Gasteiger partial charge in [-0.05, 0) is 48.4 Å². The molecule has 0 N–H and O–H groups in total. The molecule has 0 saturated carbocycles. The second-order valence-electron chi connectivity index (χ2n) is 7.44. The topological polar surface area (TPSA) is 52.0 Å². The van der Waals surface area contributed by atoms with Crippen molar-refractivity contribution in [3.63, 3.8) is 0 Å². The third-order valence-corrected chi connectivity index (χ3v) is 7.06. The molecule has 0 amide bonds. The zero-order valence-corrected chi connectivity index (χ0v) is 17.8. The SMILES string of the molecule is Cc1ccc(-c2cc3cccnc3n2S(=O)(=O)c2ccccc2)c(-c2ccccc2)c1. The number of aromatic nitrogens is 2. The van der Waals surface area contributed by atoms with E-state index in [1.165, 1.54) is 3.97 Å². The fourth-order valence-electron chi connectivity index (χ4n) is 3.88. The third kappa shape index (κ3) is 3.33. The van der Waals surface area contributed by atoms with Gasteiger partial charge in [-0.2, -0.15) is 0 Å². The van der Waals surface area contributed by atoms with Crippen molar-refractivity contribution in [2.45, 2.75) is 11.8 Å². The van der Waals surface area contributed by atoms with Crippen LogP contribution in [-0.2, 0) is 10.0 Å². The molecule has 0 fully saturated rings. The van der Waals surface area contributed by atoms with Gasteiger partial charge in [-0.3, -0.25) is 0 Å². The van der Waals surface area contributed by atoms with E-state index in [0.29, 0.717) is 11.3 Å². The Hall–Kier alpha value is -3.70. The van der Waals surface area contributed by atoms with Crippen LogP contribution in [0.3, 0.4) is 0 Å². The van der Waals surface area contributed by atoms with Crippen molar-refractivity contribution in [1.29, 1.82) is 0 Å². The summed E-state index contributed by atoms with van der Waals surface area (Å²) in [5.74, 6) is 0. The van der Waals surface area contributed by atoms with Crippen molar-refractivity contribution in [2.24, 2.45) is 0 Å². The minimum Gasteiger partial charge on any atom is -0.237 e. The summed E-state index contributed by atoms with van der Waals surface area (Å²) in [7, 11) is -3.86. The predicted octanol–water partition coefficient (Wildman–Crippen LogP) is 5.92. The van der Waals surface area contributed by atoms with Crippen LogP contribution in [0.5, 0.6) is 0 Å². The molecule has 0 saturated heterocycles. The average Bonchev–Trinajstić information content (AvgIpc) is 3.20. The Kier molecular flexibility index (Phi) is 4.68. The lowest BCUT2D eigenvalue weighted by Gasteiger charge is -2.15. The smallest absolute Gasteiger partial charge is 0.237 e. The summed E-state index contributed by atoms with van der Waals surface area (Å²) in [6.45, 7) is 2.04. The number of benzene rings is 3. The summed E-state index contributed by atoms with van der Waals surface area (Å²) in [5, 5.41) is 0.775. The van der Waals surface area contributed by atoms with Crippen LogP contribution in [0.15, 0.2) is 108 Å². The van der Waals surface area contributed by atoms with Crippen molar-refractivity contribution >= 4 is 21.1 Å². The van der Waals surface area contributed by atoms with Gasteiger partial charge in [0.25, 0.3) is 10.0 Å². The maximum Gasteiger partial charge on any atom is 0.269 e. The molecule has 5 heteroatoms. The van der Waals surface area contributed by atoms with Crippen LogP contribution < -0.4 is 0 Å². The molecular formula is C26H20N2O2S. The van der Waals surface area contributed by atoms with Gasteiger partial charge in [0, 0.05) is 17.1 Å². The van der Waals surface area contributed by atoms with E-state index in [1.54, 1.807) is 36.5 Å². The molecule has 0 aliphatic rings. The van der Waals surface area contributed by atoms with Crippen molar-refractivity contribution in [3.8, 4) is 22.4 Å². The Bertz CT molecular complexity index is 1490. The minimum absolute atomic E-state index is 0.229. The summed E-state index contributed by atoms with van der Waals surface area (Å²) in [5.41, 5.74) is 4.97. The van der Waals surface area contributed by atoms with Crippen molar-refractivity contribution < 1.29 is 8.42 Å². The van der Waals surface area contributed by atoms with Crippen molar-refractivity contribution in [2.75, 3.05) is 0 Å². The van der Waals surface area contributed by atoms with E-state index in [1.807, 2.05) is 67.6 Å². The number of pyridine rings is 1. The first-order chi connectivity index (χ1) is 15.1. The molecule has 5 rings (SSSR count). The molecule has 4 nitrogen and oxygen atoms in total. The highest BCUT2D eigenvalue weighted by Crippen LogP contribution is 2.37. The fraction of sp³-hybridized carbons (Fsp3) is 0.0385. The molecule has 0 unspecified atom stereocenters. The summed E-state index contributed by atoms with van der Waals surface area (Å²) >= 11 is 0. The lowest BCUT2D eigenvalue weighted by molar-refractivity contribution is 0.589. The summed E-state index contributed by atoms with van der Waals surface area (Å²) in [4.78, 5) is 4.65. The first kappa shape index (κ1) is 19.3. The van der Waals surface area contributed by atoms with Gasteiger partial charge >= 0.3 is 0 Å². The zero-order chi connectivity index (χ0) is 21.4. The Morgan fingerprint density at radius 3 is 2.19 bits per heavy atom. The van der Waals surface area contributed by atoms with E-state index in [9.17, 15) is 8.42 Å². The molecule has 152 valence electrons. The van der Waals surface area contributed by atoms with Gasteiger partial charge < -0.3 is 0 Å². The maximum atomic E-state index is 13.7. The van der Waals surface area contributed by atoms with Crippen LogP contribution in [0.1, 0.15) is 5.56 Å². The normalized spacial score (nSPS) is 11.6. The molecule has 0 atom stereocenters. The molecular weight excluding hydrogens is 404 g/mol. The van der Waals surface area contributed by atoms with E-state index >= 15 is 0 Å². The Morgan fingerprint density at radius 2 is 1.45 bits per heavy atom. The summed E-state index contributed by atoms with van der Waals surface area (Å²) < 4.78 is 28.9. The van der Waals surface area contributed by atoms with Gasteiger partial charge in [0.15, 0.2) is 5.65 Å². The van der Waals surface area contributed by atoms with Gasteiger partial charge in [0.05, 0.1) is 10.6 Å². The van der Waals surface area contributed by atoms with Crippen LogP contribution in [-0.4, -0.2) is 17.4 Å². The van der Waals surface area contributed by atoms with Crippen LogP contribution in [0, 0.1) is 6.92 Å². The third-order valence-electron chi connectivity index (χ3n) is 5.34. The number of fused-ring (bicyclic) bond motifs is 1. The summed E-state index contributed by atoms with van der Waals surface area (Å²) in [6, 6.07) is 30.2. The van der Waals surface area contributed by atoms with Gasteiger partial charge in [0.1, 0.15) is 0 Å². The van der Waals surface area contributed by atoms with Gasteiger partial charge in [-0.1, -0.05) is 72.3 Å². The lowest BCUT2D eigenvalue weighted by atomic mass is 9.96. The average molecular weight is 425 g/mol. The van der Waals surface area contributed by atoms with E-state index < -0.39 is 10.0 Å². The van der Waals surface area contributed by atoms with E-state index in [4.69, 9.17) is 0 Å². The molecule has 0 spiro atoms. The van der Waals surface area contributed by atoms with Crippen LogP contribution in [0.4, 0.5) is 0 Å². The molecule has 2 heterocycles. The lowest BCUT2D eigenvalue weighted by Crippen LogP contribution is -2.14. The van der Waals surface area contributed by atoms with Crippen molar-refractivity contribution in [3.05, 3.63) is 109 Å². The van der Waals surface area contributed by atoms with E-state index in [-0.39, 0.29) is 4.90 Å². The second-order valence-corrected chi connectivity index (χ2v) is 9.23. The number of aryl methyl sites for hydroxylation is 1. The van der Waals surface area contributed by atoms with Crippen LogP contribution in [0.25, 0.3) is 33.4 Å². The molecule has 5 aromatic rings. The fourth-order valence-corrected chi connectivity index (χ4v) is 5.38. The maximum absolute atomic E-state index is 13.7. The van der Waals surface area contributed by atoms with Crippen LogP contribution >= 0.6 is 0 Å². The molecule has 3 aromatic carbocycles. The molecule has 0 aliphatic carbocycles. The van der Waals surface area contributed by atoms with E-state index in [0.717, 1.165) is 27.6 Å². The highest BCUT2D eigenvalue weighted by molar-refractivity contribution is 7.90. The summed E-state index contributed by atoms with van der Waals surface area (Å²) in [6.07, 6.45) is 1.62. The highest BCUT2D eigenvalue weighted by Gasteiger charge is 2.25. The van der Waals surface area contributed by atoms with Gasteiger partial charge in [0.2, 0.25) is 0 Å². The van der Waals surface area contributed by atoms with Crippen molar-refractivity contribution in [1.82, 2.24) is 8.96 Å². The van der Waals surface area contributed by atoms with Crippen LogP contribution in [0.2, 0.25) is 0 Å².